The van der Waals surface area contributed by atoms with E-state index in [0.29, 0.717) is 18.9 Å². The van der Waals surface area contributed by atoms with E-state index in [-0.39, 0.29) is 0 Å². The molecule has 0 atom stereocenters. The summed E-state index contributed by atoms with van der Waals surface area (Å²) in [6, 6.07) is 3.62. The lowest BCUT2D eigenvalue weighted by atomic mass is 10.2. The number of amides is 1. The van der Waals surface area contributed by atoms with E-state index in [1.807, 2.05) is 37.6 Å². The second-order valence-electron chi connectivity index (χ2n) is 5.77. The van der Waals surface area contributed by atoms with Crippen molar-refractivity contribution in [1.82, 2.24) is 14.5 Å². The Labute approximate surface area is 138 Å². The fourth-order valence-electron chi connectivity index (χ4n) is 1.78. The van der Waals surface area contributed by atoms with Crippen LogP contribution >= 0.6 is 15.9 Å². The van der Waals surface area contributed by atoms with Gasteiger partial charge in [-0.05, 0) is 48.8 Å². The largest absolute Gasteiger partial charge is 0.443 e. The van der Waals surface area contributed by atoms with Gasteiger partial charge in [-0.25, -0.2) is 14.8 Å². The third-order valence-electron chi connectivity index (χ3n) is 2.74. The van der Waals surface area contributed by atoms with Crippen LogP contribution in [-0.2, 0) is 11.3 Å². The van der Waals surface area contributed by atoms with E-state index in [4.69, 9.17) is 4.74 Å². The third-order valence-corrected chi connectivity index (χ3v) is 3.21. The summed E-state index contributed by atoms with van der Waals surface area (Å²) in [5.41, 5.74) is -0.556. The van der Waals surface area contributed by atoms with Crippen LogP contribution < -0.4 is 4.90 Å². The number of carbonyl (C=O) groups excluding carboxylic acids is 1. The SMILES string of the molecule is CC(C)(C)OC(=O)N(CCn1ccnc1)c1ccc(Br)cn1. The Hall–Kier alpha value is -1.89. The molecule has 0 fully saturated rings. The Kier molecular flexibility index (Phi) is 5.18. The smallest absolute Gasteiger partial charge is 0.416 e. The lowest BCUT2D eigenvalue weighted by Crippen LogP contribution is -2.39. The summed E-state index contributed by atoms with van der Waals surface area (Å²) < 4.78 is 8.22. The van der Waals surface area contributed by atoms with Crippen molar-refractivity contribution in [3.8, 4) is 0 Å². The van der Waals surface area contributed by atoms with Gasteiger partial charge >= 0.3 is 6.09 Å². The van der Waals surface area contributed by atoms with Gasteiger partial charge < -0.3 is 9.30 Å². The number of anilines is 1. The summed E-state index contributed by atoms with van der Waals surface area (Å²) >= 11 is 3.34. The monoisotopic (exact) mass is 366 g/mol. The first kappa shape index (κ1) is 16.5. The van der Waals surface area contributed by atoms with Gasteiger partial charge in [0.05, 0.1) is 6.33 Å². The van der Waals surface area contributed by atoms with E-state index in [1.165, 1.54) is 4.90 Å². The summed E-state index contributed by atoms with van der Waals surface area (Å²) in [5.74, 6) is 0.553. The fraction of sp³-hybridized carbons (Fsp3) is 0.400. The highest BCUT2D eigenvalue weighted by Crippen LogP contribution is 2.18. The normalized spacial score (nSPS) is 11.3. The molecule has 0 aliphatic carbocycles. The summed E-state index contributed by atoms with van der Waals surface area (Å²) in [7, 11) is 0. The average molecular weight is 367 g/mol. The fourth-order valence-corrected chi connectivity index (χ4v) is 2.01. The summed E-state index contributed by atoms with van der Waals surface area (Å²) in [4.78, 5) is 22.2. The Morgan fingerprint density at radius 1 is 1.41 bits per heavy atom. The number of ether oxygens (including phenoxy) is 1. The zero-order chi connectivity index (χ0) is 16.2. The molecule has 22 heavy (non-hydrogen) atoms. The van der Waals surface area contributed by atoms with Crippen molar-refractivity contribution in [2.75, 3.05) is 11.4 Å². The van der Waals surface area contributed by atoms with E-state index in [0.717, 1.165) is 4.47 Å². The Morgan fingerprint density at radius 3 is 2.73 bits per heavy atom. The summed E-state index contributed by atoms with van der Waals surface area (Å²) in [6.45, 7) is 6.58. The minimum atomic E-state index is -0.556. The number of pyridine rings is 1. The standard InChI is InChI=1S/C15H19BrN4O2/c1-15(2,3)22-14(21)20(9-8-19-7-6-17-11-19)13-5-4-12(16)10-18-13/h4-7,10-11H,8-9H2,1-3H3. The maximum Gasteiger partial charge on any atom is 0.416 e. The van der Waals surface area contributed by atoms with Gasteiger partial charge in [0.15, 0.2) is 0 Å². The highest BCUT2D eigenvalue weighted by atomic mass is 79.9. The molecule has 1 amide bonds. The highest BCUT2D eigenvalue weighted by Gasteiger charge is 2.24. The van der Waals surface area contributed by atoms with Crippen molar-refractivity contribution in [3.05, 3.63) is 41.5 Å². The van der Waals surface area contributed by atoms with Crippen molar-refractivity contribution < 1.29 is 9.53 Å². The minimum absolute atomic E-state index is 0.414. The van der Waals surface area contributed by atoms with Crippen LogP contribution in [0.3, 0.4) is 0 Å². The molecule has 0 unspecified atom stereocenters. The molecule has 0 spiro atoms. The van der Waals surface area contributed by atoms with E-state index in [9.17, 15) is 4.79 Å². The van der Waals surface area contributed by atoms with Gasteiger partial charge in [0, 0.05) is 36.2 Å². The molecule has 7 heteroatoms. The first-order valence-electron chi connectivity index (χ1n) is 6.93. The number of hydrogen-bond acceptors (Lipinski definition) is 4. The molecule has 0 saturated carbocycles. The zero-order valence-corrected chi connectivity index (χ0v) is 14.4. The average Bonchev–Trinajstić information content (AvgIpc) is 2.92. The Bertz CT molecular complexity index is 605. The molecule has 0 aromatic carbocycles. The molecule has 118 valence electrons. The molecule has 2 aromatic rings. The number of aromatic nitrogens is 3. The minimum Gasteiger partial charge on any atom is -0.443 e. The number of nitrogens with zero attached hydrogens (tertiary/aromatic N) is 4. The molecule has 0 bridgehead atoms. The van der Waals surface area contributed by atoms with Crippen LogP contribution in [0.2, 0.25) is 0 Å². The summed E-state index contributed by atoms with van der Waals surface area (Å²) in [5, 5.41) is 0. The molecule has 0 N–H and O–H groups in total. The van der Waals surface area contributed by atoms with Gasteiger partial charge in [0.2, 0.25) is 0 Å². The number of rotatable bonds is 4. The Balaban J connectivity index is 2.15. The van der Waals surface area contributed by atoms with Gasteiger partial charge in [0.1, 0.15) is 11.4 Å². The molecular formula is C15H19BrN4O2. The predicted octanol–water partition coefficient (Wildman–Crippen LogP) is 3.48. The first-order valence-corrected chi connectivity index (χ1v) is 7.72. The van der Waals surface area contributed by atoms with E-state index in [1.54, 1.807) is 24.8 Å². The lowest BCUT2D eigenvalue weighted by Gasteiger charge is -2.26. The molecule has 2 heterocycles. The van der Waals surface area contributed by atoms with Crippen LogP contribution in [0.5, 0.6) is 0 Å². The number of imidazole rings is 1. The van der Waals surface area contributed by atoms with Crippen LogP contribution in [-0.4, -0.2) is 32.8 Å². The van der Waals surface area contributed by atoms with Gasteiger partial charge in [-0.2, -0.15) is 0 Å². The van der Waals surface area contributed by atoms with Gasteiger partial charge in [-0.3, -0.25) is 4.90 Å². The van der Waals surface area contributed by atoms with Crippen molar-refractivity contribution in [2.45, 2.75) is 32.9 Å². The molecule has 0 aliphatic heterocycles. The predicted molar refractivity (Wildman–Crippen MR) is 87.7 cm³/mol. The van der Waals surface area contributed by atoms with Gasteiger partial charge in [0.25, 0.3) is 0 Å². The van der Waals surface area contributed by atoms with E-state index >= 15 is 0 Å². The number of carbonyl (C=O) groups is 1. The quantitative estimate of drug-likeness (QED) is 0.830. The Morgan fingerprint density at radius 2 is 2.18 bits per heavy atom. The van der Waals surface area contributed by atoms with Crippen LogP contribution in [0.25, 0.3) is 0 Å². The van der Waals surface area contributed by atoms with Gasteiger partial charge in [-0.15, -0.1) is 0 Å². The van der Waals surface area contributed by atoms with Crippen molar-refractivity contribution in [1.29, 1.82) is 0 Å². The molecule has 2 rings (SSSR count). The van der Waals surface area contributed by atoms with Crippen LogP contribution in [0.1, 0.15) is 20.8 Å². The first-order chi connectivity index (χ1) is 10.3. The molecule has 2 aromatic heterocycles. The lowest BCUT2D eigenvalue weighted by molar-refractivity contribution is 0.0578. The zero-order valence-electron chi connectivity index (χ0n) is 12.9. The van der Waals surface area contributed by atoms with Gasteiger partial charge in [-0.1, -0.05) is 0 Å². The maximum atomic E-state index is 12.4. The van der Waals surface area contributed by atoms with E-state index in [2.05, 4.69) is 25.9 Å². The number of hydrogen-bond donors (Lipinski definition) is 0. The maximum absolute atomic E-state index is 12.4. The van der Waals surface area contributed by atoms with Crippen LogP contribution in [0.15, 0.2) is 41.5 Å². The van der Waals surface area contributed by atoms with Crippen molar-refractivity contribution in [3.63, 3.8) is 0 Å². The third kappa shape index (κ3) is 4.84. The van der Waals surface area contributed by atoms with Crippen molar-refractivity contribution >= 4 is 27.8 Å². The van der Waals surface area contributed by atoms with Crippen LogP contribution in [0, 0.1) is 0 Å². The molecule has 0 aliphatic rings. The second kappa shape index (κ2) is 6.91. The summed E-state index contributed by atoms with van der Waals surface area (Å²) in [6.07, 6.45) is 6.51. The molecule has 0 saturated heterocycles. The molecular weight excluding hydrogens is 348 g/mol. The van der Waals surface area contributed by atoms with Crippen molar-refractivity contribution in [2.24, 2.45) is 0 Å². The highest BCUT2D eigenvalue weighted by molar-refractivity contribution is 9.10. The molecule has 6 nitrogen and oxygen atoms in total. The number of halogens is 1. The topological polar surface area (TPSA) is 60.2 Å². The van der Waals surface area contributed by atoms with Crippen LogP contribution in [0.4, 0.5) is 10.6 Å². The van der Waals surface area contributed by atoms with E-state index < -0.39 is 11.7 Å². The second-order valence-corrected chi connectivity index (χ2v) is 6.68. The molecule has 0 radical (unpaired) electrons.